The second-order valence-electron chi connectivity index (χ2n) is 4.90. The molecule has 0 saturated carbocycles. The second-order valence-corrected chi connectivity index (χ2v) is 6.01. The molecule has 0 saturated heterocycles. The van der Waals surface area contributed by atoms with Crippen molar-refractivity contribution in [2.75, 3.05) is 12.4 Å². The van der Waals surface area contributed by atoms with Crippen LogP contribution in [0.1, 0.15) is 26.3 Å². The average Bonchev–Trinajstić information content (AvgIpc) is 2.24. The molecule has 0 aliphatic heterocycles. The number of benzene rings is 1. The molecular formula is C13H20FNOS. The standard InChI is InChI=1S/C13H20FNOS/c1-13(2,3)15-9-10-5-4-6-11(14)12(10)17-8-7-16/h4-6,15-16H,7-9H2,1-3H3. The van der Waals surface area contributed by atoms with Crippen LogP contribution in [0.15, 0.2) is 23.1 Å². The molecule has 0 spiro atoms. The Balaban J connectivity index is 2.79. The number of aliphatic hydroxyl groups excluding tert-OH is 1. The van der Waals surface area contributed by atoms with E-state index >= 15 is 0 Å². The topological polar surface area (TPSA) is 32.3 Å². The third-order valence-corrected chi connectivity index (χ3v) is 3.33. The van der Waals surface area contributed by atoms with Crippen LogP contribution < -0.4 is 5.32 Å². The maximum atomic E-state index is 13.7. The number of thioether (sulfide) groups is 1. The van der Waals surface area contributed by atoms with Gasteiger partial charge in [-0.15, -0.1) is 11.8 Å². The Hall–Kier alpha value is -0.580. The third-order valence-electron chi connectivity index (χ3n) is 2.20. The van der Waals surface area contributed by atoms with Gasteiger partial charge in [0.1, 0.15) is 5.82 Å². The number of halogens is 1. The molecule has 1 rings (SSSR count). The molecule has 0 fully saturated rings. The fraction of sp³-hybridized carbons (Fsp3) is 0.538. The van der Waals surface area contributed by atoms with Gasteiger partial charge in [0, 0.05) is 22.7 Å². The zero-order chi connectivity index (χ0) is 12.9. The summed E-state index contributed by atoms with van der Waals surface area (Å²) in [7, 11) is 0. The first-order chi connectivity index (χ1) is 7.94. The molecule has 0 radical (unpaired) electrons. The zero-order valence-electron chi connectivity index (χ0n) is 10.6. The molecule has 17 heavy (non-hydrogen) atoms. The molecule has 2 N–H and O–H groups in total. The van der Waals surface area contributed by atoms with Crippen molar-refractivity contribution < 1.29 is 9.50 Å². The van der Waals surface area contributed by atoms with Crippen LogP contribution in [-0.4, -0.2) is 23.0 Å². The summed E-state index contributed by atoms with van der Waals surface area (Å²) in [6, 6.07) is 5.10. The number of nitrogens with one attached hydrogen (secondary N) is 1. The van der Waals surface area contributed by atoms with Crippen molar-refractivity contribution in [2.24, 2.45) is 0 Å². The molecule has 0 bridgehead atoms. The minimum absolute atomic E-state index is 0.00519. The van der Waals surface area contributed by atoms with Gasteiger partial charge in [-0.3, -0.25) is 0 Å². The van der Waals surface area contributed by atoms with Gasteiger partial charge in [0.2, 0.25) is 0 Å². The summed E-state index contributed by atoms with van der Waals surface area (Å²) in [5.41, 5.74) is 0.948. The predicted molar refractivity (Wildman–Crippen MR) is 70.8 cm³/mol. The van der Waals surface area contributed by atoms with Gasteiger partial charge in [-0.05, 0) is 32.4 Å². The summed E-state index contributed by atoms with van der Waals surface area (Å²) in [6.45, 7) is 6.92. The van der Waals surface area contributed by atoms with E-state index in [1.54, 1.807) is 6.07 Å². The highest BCUT2D eigenvalue weighted by molar-refractivity contribution is 7.99. The average molecular weight is 257 g/mol. The van der Waals surface area contributed by atoms with Crippen molar-refractivity contribution in [1.82, 2.24) is 5.32 Å². The van der Waals surface area contributed by atoms with E-state index in [1.165, 1.54) is 17.8 Å². The smallest absolute Gasteiger partial charge is 0.137 e. The Morgan fingerprint density at radius 2 is 2.06 bits per heavy atom. The van der Waals surface area contributed by atoms with E-state index in [9.17, 15) is 4.39 Å². The van der Waals surface area contributed by atoms with Gasteiger partial charge in [0.05, 0.1) is 6.61 Å². The first kappa shape index (κ1) is 14.5. The SMILES string of the molecule is CC(C)(C)NCc1cccc(F)c1SCCO. The number of hydrogen-bond donors (Lipinski definition) is 2. The van der Waals surface area contributed by atoms with E-state index < -0.39 is 0 Å². The van der Waals surface area contributed by atoms with E-state index in [-0.39, 0.29) is 18.0 Å². The first-order valence-corrected chi connectivity index (χ1v) is 6.68. The van der Waals surface area contributed by atoms with Crippen molar-refractivity contribution in [3.8, 4) is 0 Å². The highest BCUT2D eigenvalue weighted by Crippen LogP contribution is 2.26. The van der Waals surface area contributed by atoms with Crippen LogP contribution in [0.2, 0.25) is 0 Å². The summed E-state index contributed by atoms with van der Waals surface area (Å²) >= 11 is 1.36. The van der Waals surface area contributed by atoms with Gasteiger partial charge in [0.25, 0.3) is 0 Å². The molecule has 0 aliphatic carbocycles. The molecule has 0 amide bonds. The van der Waals surface area contributed by atoms with Crippen molar-refractivity contribution in [3.63, 3.8) is 0 Å². The summed E-state index contributed by atoms with van der Waals surface area (Å²) in [5, 5.41) is 12.1. The lowest BCUT2D eigenvalue weighted by Crippen LogP contribution is -2.35. The van der Waals surface area contributed by atoms with Crippen LogP contribution >= 0.6 is 11.8 Å². The number of aliphatic hydroxyl groups is 1. The highest BCUT2D eigenvalue weighted by atomic mass is 32.2. The Morgan fingerprint density at radius 3 is 2.65 bits per heavy atom. The Kier molecular flexibility index (Phi) is 5.43. The quantitative estimate of drug-likeness (QED) is 0.796. The molecule has 0 atom stereocenters. The summed E-state index contributed by atoms with van der Waals surface area (Å²) in [5.74, 6) is 0.306. The highest BCUT2D eigenvalue weighted by Gasteiger charge is 2.12. The maximum Gasteiger partial charge on any atom is 0.137 e. The first-order valence-electron chi connectivity index (χ1n) is 5.70. The van der Waals surface area contributed by atoms with E-state index in [0.29, 0.717) is 17.2 Å². The maximum absolute atomic E-state index is 13.7. The fourth-order valence-electron chi connectivity index (χ4n) is 1.36. The Labute approximate surface area is 107 Å². The molecule has 2 nitrogen and oxygen atoms in total. The molecule has 4 heteroatoms. The molecule has 0 unspecified atom stereocenters. The van der Waals surface area contributed by atoms with Crippen LogP contribution in [-0.2, 0) is 6.54 Å². The molecule has 0 aromatic heterocycles. The van der Waals surface area contributed by atoms with E-state index in [0.717, 1.165) is 5.56 Å². The minimum atomic E-state index is -0.211. The Morgan fingerprint density at radius 1 is 1.35 bits per heavy atom. The van der Waals surface area contributed by atoms with Crippen LogP contribution in [0.5, 0.6) is 0 Å². The van der Waals surface area contributed by atoms with E-state index in [1.807, 2.05) is 6.07 Å². The van der Waals surface area contributed by atoms with Crippen molar-refractivity contribution in [2.45, 2.75) is 37.8 Å². The summed E-state index contributed by atoms with van der Waals surface area (Å²) in [4.78, 5) is 0.637. The minimum Gasteiger partial charge on any atom is -0.396 e. The second kappa shape index (κ2) is 6.38. The van der Waals surface area contributed by atoms with Gasteiger partial charge in [-0.25, -0.2) is 4.39 Å². The molecule has 0 heterocycles. The molecule has 0 aliphatic rings. The predicted octanol–water partition coefficient (Wildman–Crippen LogP) is 2.80. The molecule has 96 valence electrons. The summed E-state index contributed by atoms with van der Waals surface area (Å²) in [6.07, 6.45) is 0. The lowest BCUT2D eigenvalue weighted by Gasteiger charge is -2.21. The molecule has 1 aromatic rings. The lowest BCUT2D eigenvalue weighted by atomic mass is 10.1. The van der Waals surface area contributed by atoms with E-state index in [2.05, 4.69) is 26.1 Å². The van der Waals surface area contributed by atoms with Crippen LogP contribution in [0.25, 0.3) is 0 Å². The van der Waals surface area contributed by atoms with Crippen LogP contribution in [0.4, 0.5) is 4.39 Å². The Bertz CT molecular complexity index is 363. The van der Waals surface area contributed by atoms with Crippen molar-refractivity contribution in [1.29, 1.82) is 0 Å². The van der Waals surface area contributed by atoms with Gasteiger partial charge in [0.15, 0.2) is 0 Å². The number of hydrogen-bond acceptors (Lipinski definition) is 3. The summed E-state index contributed by atoms with van der Waals surface area (Å²) < 4.78 is 13.7. The lowest BCUT2D eigenvalue weighted by molar-refractivity contribution is 0.322. The van der Waals surface area contributed by atoms with Crippen LogP contribution in [0.3, 0.4) is 0 Å². The van der Waals surface area contributed by atoms with Crippen LogP contribution in [0, 0.1) is 5.82 Å². The number of rotatable bonds is 5. The largest absolute Gasteiger partial charge is 0.396 e. The monoisotopic (exact) mass is 257 g/mol. The van der Waals surface area contributed by atoms with E-state index in [4.69, 9.17) is 5.11 Å². The third kappa shape index (κ3) is 5.06. The van der Waals surface area contributed by atoms with Gasteiger partial charge in [-0.1, -0.05) is 12.1 Å². The van der Waals surface area contributed by atoms with Crippen molar-refractivity contribution in [3.05, 3.63) is 29.6 Å². The fourth-order valence-corrected chi connectivity index (χ4v) is 2.19. The molecular weight excluding hydrogens is 237 g/mol. The normalized spacial score (nSPS) is 11.8. The van der Waals surface area contributed by atoms with Gasteiger partial charge < -0.3 is 10.4 Å². The zero-order valence-corrected chi connectivity index (χ0v) is 11.4. The molecule has 1 aromatic carbocycles. The van der Waals surface area contributed by atoms with Gasteiger partial charge >= 0.3 is 0 Å². The van der Waals surface area contributed by atoms with Gasteiger partial charge in [-0.2, -0.15) is 0 Å². The van der Waals surface area contributed by atoms with Crippen molar-refractivity contribution >= 4 is 11.8 Å².